The van der Waals surface area contributed by atoms with Crippen LogP contribution in [0.1, 0.15) is 18.1 Å². The Hall–Kier alpha value is -2.71. The van der Waals surface area contributed by atoms with Gasteiger partial charge in [0.2, 0.25) is 5.95 Å². The molecule has 0 spiro atoms. The van der Waals surface area contributed by atoms with Gasteiger partial charge in [-0.15, -0.1) is 0 Å². The second-order valence-electron chi connectivity index (χ2n) is 6.84. The number of hydrogen-bond acceptors (Lipinski definition) is 7. The predicted octanol–water partition coefficient (Wildman–Crippen LogP) is 1.17. The summed E-state index contributed by atoms with van der Waals surface area (Å²) < 4.78 is 6.67. The quantitative estimate of drug-likeness (QED) is 0.722. The number of fused-ring (bicyclic) bond motifs is 1. The molecule has 2 aromatic heterocycles. The SMILES string of the molecule is Cn1c(=O)oc2cc(C(O)CCN3CCN(c4ncccn4)CC3)ccc21. The number of nitrogens with zero attached hydrogens (tertiary/aromatic N) is 5. The van der Waals surface area contributed by atoms with Crippen LogP contribution in [0.4, 0.5) is 5.95 Å². The molecule has 1 unspecified atom stereocenters. The van der Waals surface area contributed by atoms with Crippen LogP contribution in [0.3, 0.4) is 0 Å². The van der Waals surface area contributed by atoms with E-state index < -0.39 is 11.9 Å². The number of rotatable bonds is 5. The van der Waals surface area contributed by atoms with Crippen LogP contribution >= 0.6 is 0 Å². The number of aliphatic hydroxyl groups is 1. The molecule has 1 aliphatic heterocycles. The molecule has 3 aromatic rings. The van der Waals surface area contributed by atoms with Gasteiger partial charge >= 0.3 is 5.76 Å². The summed E-state index contributed by atoms with van der Waals surface area (Å²) in [4.78, 5) is 24.7. The predicted molar refractivity (Wildman–Crippen MR) is 102 cm³/mol. The average molecular weight is 369 g/mol. The lowest BCUT2D eigenvalue weighted by atomic mass is 10.1. The van der Waals surface area contributed by atoms with E-state index in [4.69, 9.17) is 4.42 Å². The zero-order valence-electron chi connectivity index (χ0n) is 15.3. The molecule has 0 amide bonds. The Balaban J connectivity index is 1.32. The first kappa shape index (κ1) is 17.7. The number of aromatic nitrogens is 3. The van der Waals surface area contributed by atoms with E-state index in [1.54, 1.807) is 25.5 Å². The molecule has 1 atom stereocenters. The van der Waals surface area contributed by atoms with E-state index in [1.807, 2.05) is 18.2 Å². The second-order valence-corrected chi connectivity index (χ2v) is 6.84. The van der Waals surface area contributed by atoms with Crippen molar-refractivity contribution in [3.8, 4) is 0 Å². The topological polar surface area (TPSA) is 87.6 Å². The van der Waals surface area contributed by atoms with Crippen molar-refractivity contribution in [2.75, 3.05) is 37.6 Å². The smallest absolute Gasteiger partial charge is 0.408 e. The van der Waals surface area contributed by atoms with E-state index >= 15 is 0 Å². The van der Waals surface area contributed by atoms with Gasteiger partial charge in [0, 0.05) is 52.2 Å². The van der Waals surface area contributed by atoms with Gasteiger partial charge in [0.25, 0.3) is 0 Å². The van der Waals surface area contributed by atoms with Crippen LogP contribution in [0.2, 0.25) is 0 Å². The Kier molecular flexibility index (Phi) is 4.91. The molecule has 3 heterocycles. The van der Waals surface area contributed by atoms with Gasteiger partial charge in [0.05, 0.1) is 11.6 Å². The standard InChI is InChI=1S/C19H23N5O3/c1-22-15-4-3-14(13-17(15)27-19(22)26)16(25)5-8-23-9-11-24(12-10-23)18-20-6-2-7-21-18/h2-4,6-7,13,16,25H,5,8-12H2,1H3. The first-order chi connectivity index (χ1) is 13.1. The Morgan fingerprint density at radius 2 is 1.93 bits per heavy atom. The fraction of sp³-hybridized carbons (Fsp3) is 0.421. The third kappa shape index (κ3) is 3.72. The number of aryl methyl sites for hydroxylation is 1. The molecule has 4 rings (SSSR count). The van der Waals surface area contributed by atoms with Crippen LogP contribution in [0.25, 0.3) is 11.1 Å². The van der Waals surface area contributed by atoms with E-state index in [9.17, 15) is 9.90 Å². The van der Waals surface area contributed by atoms with Gasteiger partial charge < -0.3 is 14.4 Å². The number of aliphatic hydroxyl groups excluding tert-OH is 1. The molecular weight excluding hydrogens is 346 g/mol. The van der Waals surface area contributed by atoms with Gasteiger partial charge in [0.15, 0.2) is 5.58 Å². The van der Waals surface area contributed by atoms with Crippen LogP contribution in [-0.4, -0.2) is 57.3 Å². The number of oxazole rings is 1. The van der Waals surface area contributed by atoms with E-state index in [1.165, 1.54) is 4.57 Å². The van der Waals surface area contributed by atoms with Crippen molar-refractivity contribution < 1.29 is 9.52 Å². The summed E-state index contributed by atoms with van der Waals surface area (Å²) in [6, 6.07) is 7.25. The number of anilines is 1. The Morgan fingerprint density at radius 3 is 2.67 bits per heavy atom. The van der Waals surface area contributed by atoms with Crippen LogP contribution in [0.5, 0.6) is 0 Å². The number of piperazine rings is 1. The minimum Gasteiger partial charge on any atom is -0.408 e. The molecule has 1 aliphatic rings. The minimum atomic E-state index is -0.588. The molecule has 27 heavy (non-hydrogen) atoms. The summed E-state index contributed by atoms with van der Waals surface area (Å²) in [6.07, 6.45) is 3.56. The lowest BCUT2D eigenvalue weighted by molar-refractivity contribution is 0.139. The van der Waals surface area contributed by atoms with Crippen LogP contribution < -0.4 is 10.7 Å². The van der Waals surface area contributed by atoms with Crippen molar-refractivity contribution in [1.82, 2.24) is 19.4 Å². The van der Waals surface area contributed by atoms with Crippen molar-refractivity contribution in [3.63, 3.8) is 0 Å². The van der Waals surface area contributed by atoms with E-state index in [2.05, 4.69) is 19.8 Å². The first-order valence-corrected chi connectivity index (χ1v) is 9.13. The van der Waals surface area contributed by atoms with Crippen molar-refractivity contribution in [3.05, 3.63) is 52.8 Å². The zero-order valence-corrected chi connectivity index (χ0v) is 15.3. The molecule has 8 heteroatoms. The molecule has 0 saturated carbocycles. The molecule has 0 aliphatic carbocycles. The Morgan fingerprint density at radius 1 is 1.19 bits per heavy atom. The molecule has 0 bridgehead atoms. The van der Waals surface area contributed by atoms with Gasteiger partial charge in [-0.2, -0.15) is 0 Å². The second kappa shape index (κ2) is 7.50. The highest BCUT2D eigenvalue weighted by atomic mass is 16.4. The maximum Gasteiger partial charge on any atom is 0.419 e. The van der Waals surface area contributed by atoms with Crippen molar-refractivity contribution >= 4 is 17.0 Å². The van der Waals surface area contributed by atoms with Crippen LogP contribution in [0.15, 0.2) is 45.9 Å². The molecule has 1 aromatic carbocycles. The summed E-state index contributed by atoms with van der Waals surface area (Å²) in [5.74, 6) is 0.381. The van der Waals surface area contributed by atoms with E-state index in [-0.39, 0.29) is 0 Å². The Bertz CT molecular complexity index is 960. The van der Waals surface area contributed by atoms with Gasteiger partial charge in [-0.25, -0.2) is 14.8 Å². The van der Waals surface area contributed by atoms with Crippen molar-refractivity contribution in [2.24, 2.45) is 7.05 Å². The maximum atomic E-state index is 11.6. The maximum absolute atomic E-state index is 11.6. The number of benzene rings is 1. The normalized spacial score (nSPS) is 16.7. The molecule has 0 radical (unpaired) electrons. The van der Waals surface area contributed by atoms with Crippen LogP contribution in [-0.2, 0) is 7.05 Å². The van der Waals surface area contributed by atoms with Crippen molar-refractivity contribution in [1.29, 1.82) is 0 Å². The average Bonchev–Trinajstić information content (AvgIpc) is 3.00. The Labute approximate surface area is 156 Å². The lowest BCUT2D eigenvalue weighted by Crippen LogP contribution is -2.47. The van der Waals surface area contributed by atoms with Crippen LogP contribution in [0, 0.1) is 0 Å². The summed E-state index contributed by atoms with van der Waals surface area (Å²) in [7, 11) is 1.67. The van der Waals surface area contributed by atoms with Crippen molar-refractivity contribution in [2.45, 2.75) is 12.5 Å². The zero-order chi connectivity index (χ0) is 18.8. The summed E-state index contributed by atoms with van der Waals surface area (Å²) in [5, 5.41) is 10.5. The van der Waals surface area contributed by atoms with Gasteiger partial charge in [-0.1, -0.05) is 6.07 Å². The highest BCUT2D eigenvalue weighted by Gasteiger charge is 2.20. The van der Waals surface area contributed by atoms with Gasteiger partial charge in [-0.05, 0) is 30.2 Å². The van der Waals surface area contributed by atoms with Gasteiger partial charge in [0.1, 0.15) is 0 Å². The van der Waals surface area contributed by atoms with E-state index in [0.29, 0.717) is 12.0 Å². The number of hydrogen-bond donors (Lipinski definition) is 1. The summed E-state index contributed by atoms with van der Waals surface area (Å²) >= 11 is 0. The summed E-state index contributed by atoms with van der Waals surface area (Å²) in [5.41, 5.74) is 2.01. The highest BCUT2D eigenvalue weighted by Crippen LogP contribution is 2.22. The molecule has 1 saturated heterocycles. The molecule has 1 fully saturated rings. The third-order valence-electron chi connectivity index (χ3n) is 5.13. The third-order valence-corrected chi connectivity index (χ3v) is 5.13. The molecular formula is C19H23N5O3. The highest BCUT2D eigenvalue weighted by molar-refractivity contribution is 5.73. The minimum absolute atomic E-state index is 0.392. The lowest BCUT2D eigenvalue weighted by Gasteiger charge is -2.35. The fourth-order valence-electron chi connectivity index (χ4n) is 3.46. The van der Waals surface area contributed by atoms with E-state index in [0.717, 1.165) is 49.8 Å². The van der Waals surface area contributed by atoms with Gasteiger partial charge in [-0.3, -0.25) is 9.47 Å². The molecule has 1 N–H and O–H groups in total. The fourth-order valence-corrected chi connectivity index (χ4v) is 3.46. The summed E-state index contributed by atoms with van der Waals surface area (Å²) in [6.45, 7) is 4.39. The largest absolute Gasteiger partial charge is 0.419 e. The first-order valence-electron chi connectivity index (χ1n) is 9.13. The molecule has 142 valence electrons. The molecule has 8 nitrogen and oxygen atoms in total. The monoisotopic (exact) mass is 369 g/mol.